The molecule has 0 aliphatic rings. The first kappa shape index (κ1) is 15.0. The van der Waals surface area contributed by atoms with E-state index in [-0.39, 0.29) is 10.8 Å². The van der Waals surface area contributed by atoms with Crippen LogP contribution in [0.3, 0.4) is 0 Å². The number of rotatable bonds is 1. The summed E-state index contributed by atoms with van der Waals surface area (Å²) in [5.41, 5.74) is -3.26. The first-order valence-electron chi connectivity index (χ1n) is 4.77. The van der Waals surface area contributed by atoms with E-state index in [4.69, 9.17) is 24.1 Å². The summed E-state index contributed by atoms with van der Waals surface area (Å²) in [5, 5.41) is -0.502. The Labute approximate surface area is 98.9 Å². The van der Waals surface area contributed by atoms with Crippen LogP contribution in [0.1, 0.15) is 48.5 Å². The highest BCUT2D eigenvalue weighted by Crippen LogP contribution is 2.65. The summed E-state index contributed by atoms with van der Waals surface area (Å²) in [5.74, 6) is 0. The maximum atomic E-state index is 12.2. The van der Waals surface area contributed by atoms with E-state index in [1.807, 2.05) is 6.92 Å². The molecule has 0 rings (SSSR count). The summed E-state index contributed by atoms with van der Waals surface area (Å²) in [6.45, 7) is 14.3. The van der Waals surface area contributed by atoms with Crippen molar-refractivity contribution in [1.82, 2.24) is 0 Å². The minimum absolute atomic E-state index is 0.149. The van der Waals surface area contributed by atoms with E-state index in [1.165, 1.54) is 0 Å². The molecule has 1 atom stereocenters. The lowest BCUT2D eigenvalue weighted by atomic mass is 9.67. The number of hydrogen-bond acceptors (Lipinski definition) is 3. The highest BCUT2D eigenvalue weighted by molar-refractivity contribution is 8.52. The lowest BCUT2D eigenvalue weighted by Gasteiger charge is -2.66. The highest BCUT2D eigenvalue weighted by Gasteiger charge is 2.46. The predicted octanol–water partition coefficient (Wildman–Crippen LogP) is 3.05. The zero-order chi connectivity index (χ0) is 12.0. The molecule has 0 aliphatic heterocycles. The van der Waals surface area contributed by atoms with Crippen molar-refractivity contribution in [3.8, 4) is 0 Å². The Bertz CT molecular complexity index is 240. The molecule has 0 bridgehead atoms. The summed E-state index contributed by atoms with van der Waals surface area (Å²) in [4.78, 5) is 12.2. The van der Waals surface area contributed by atoms with Crippen molar-refractivity contribution in [2.24, 2.45) is 10.8 Å². The molecule has 0 saturated heterocycles. The van der Waals surface area contributed by atoms with Crippen LogP contribution in [-0.2, 0) is 24.1 Å². The molecule has 86 valence electrons. The molecule has 1 nitrogen and oxygen atoms in total. The smallest absolute Gasteiger partial charge is 0.0279 e. The molecular formula is C10H21OPS2-2. The van der Waals surface area contributed by atoms with Gasteiger partial charge in [0, 0.05) is 0 Å². The summed E-state index contributed by atoms with van der Waals surface area (Å²) in [6.07, 6.45) is 0. The van der Waals surface area contributed by atoms with Crippen molar-refractivity contribution in [3.63, 3.8) is 0 Å². The molecule has 0 aromatic rings. The molecule has 0 spiro atoms. The van der Waals surface area contributed by atoms with Crippen LogP contribution < -0.4 is 4.89 Å². The van der Waals surface area contributed by atoms with Gasteiger partial charge in [0.1, 0.15) is 0 Å². The van der Waals surface area contributed by atoms with Gasteiger partial charge in [0.25, 0.3) is 0 Å². The Morgan fingerprint density at radius 1 is 0.929 bits per heavy atom. The molecule has 0 heterocycles. The lowest BCUT2D eigenvalue weighted by molar-refractivity contribution is -0.166. The molecular weight excluding hydrogens is 231 g/mol. The fourth-order valence-corrected chi connectivity index (χ4v) is 6.88. The maximum absolute atomic E-state index is 12.2. The zero-order valence-corrected chi connectivity index (χ0v) is 12.7. The lowest BCUT2D eigenvalue weighted by Crippen LogP contribution is -2.51. The van der Waals surface area contributed by atoms with Crippen molar-refractivity contribution < 1.29 is 4.89 Å². The van der Waals surface area contributed by atoms with Gasteiger partial charge in [0.05, 0.1) is 0 Å². The maximum Gasteiger partial charge on any atom is -0.0279 e. The Morgan fingerprint density at radius 3 is 1.14 bits per heavy atom. The molecule has 0 aromatic carbocycles. The average Bonchev–Trinajstić information content (AvgIpc) is 1.77. The third-order valence-electron chi connectivity index (χ3n) is 3.47. The molecule has 0 amide bonds. The first-order chi connectivity index (χ1) is 5.75. The average molecular weight is 252 g/mol. The zero-order valence-electron chi connectivity index (χ0n) is 10.2. The summed E-state index contributed by atoms with van der Waals surface area (Å²) in [7, 11) is 0. The molecule has 4 heteroatoms. The highest BCUT2D eigenvalue weighted by atomic mass is 32.9. The van der Waals surface area contributed by atoms with E-state index in [2.05, 4.69) is 41.5 Å². The van der Waals surface area contributed by atoms with Gasteiger partial charge in [-0.2, -0.15) is 0 Å². The Hall–Kier alpha value is 0.960. The molecule has 1 unspecified atom stereocenters. The Morgan fingerprint density at radius 2 is 1.14 bits per heavy atom. The Balaban J connectivity index is 5.67. The number of hydrogen-bond donors (Lipinski definition) is 0. The minimum atomic E-state index is -2.96. The normalized spacial score (nSPS) is 19.2. The third-order valence-corrected chi connectivity index (χ3v) is 8.10. The van der Waals surface area contributed by atoms with Crippen molar-refractivity contribution in [1.29, 1.82) is 0 Å². The van der Waals surface area contributed by atoms with E-state index in [9.17, 15) is 4.89 Å². The quantitative estimate of drug-likeness (QED) is 0.529. The van der Waals surface area contributed by atoms with E-state index in [0.29, 0.717) is 0 Å². The van der Waals surface area contributed by atoms with Crippen LogP contribution in [0.5, 0.6) is 0 Å². The van der Waals surface area contributed by atoms with Crippen molar-refractivity contribution in [2.45, 2.75) is 53.6 Å². The summed E-state index contributed by atoms with van der Waals surface area (Å²) < 4.78 is 0. The molecule has 0 aliphatic carbocycles. The van der Waals surface area contributed by atoms with Crippen LogP contribution >= 0.6 is 5.47 Å². The fraction of sp³-hybridized carbons (Fsp3) is 1.00. The standard InChI is InChI=1S/C10H23OPS2/c1-8(2,3)10(7,9(4,5)6)12(11,13)14/h1-7H3,(H2,11,13,14)/p-2. The third kappa shape index (κ3) is 2.37. The van der Waals surface area contributed by atoms with Gasteiger partial charge >= 0.3 is 0 Å². The van der Waals surface area contributed by atoms with Gasteiger partial charge in [0.2, 0.25) is 0 Å². The van der Waals surface area contributed by atoms with Crippen LogP contribution in [0.2, 0.25) is 0 Å². The monoisotopic (exact) mass is 252 g/mol. The van der Waals surface area contributed by atoms with Gasteiger partial charge in [-0.3, -0.25) is 5.47 Å². The van der Waals surface area contributed by atoms with Gasteiger partial charge in [0.15, 0.2) is 0 Å². The topological polar surface area (TPSA) is 23.1 Å². The molecule has 0 N–H and O–H groups in total. The molecule has 0 aromatic heterocycles. The predicted molar refractivity (Wildman–Crippen MR) is 69.0 cm³/mol. The fourth-order valence-electron chi connectivity index (χ4n) is 1.95. The van der Waals surface area contributed by atoms with Crippen molar-refractivity contribution in [2.75, 3.05) is 0 Å². The van der Waals surface area contributed by atoms with E-state index in [1.54, 1.807) is 0 Å². The molecule has 0 saturated carbocycles. The molecule has 0 radical (unpaired) electrons. The van der Waals surface area contributed by atoms with Gasteiger partial charge in [-0.25, -0.2) is 0 Å². The Kier molecular flexibility index (Phi) is 4.02. The van der Waals surface area contributed by atoms with Gasteiger partial charge in [-0.05, 0) is 16.0 Å². The SMILES string of the molecule is CC(C)(C)C(C)(C(C)(C)C)P([O-])(=S)[S-]. The van der Waals surface area contributed by atoms with Gasteiger partial charge in [-0.1, -0.05) is 48.5 Å². The van der Waals surface area contributed by atoms with Crippen molar-refractivity contribution >= 4 is 29.5 Å². The van der Waals surface area contributed by atoms with E-state index in [0.717, 1.165) is 0 Å². The summed E-state index contributed by atoms with van der Waals surface area (Å²) >= 11 is 10.2. The first-order valence-corrected chi connectivity index (χ1v) is 8.50. The van der Waals surface area contributed by atoms with Crippen LogP contribution in [0.15, 0.2) is 0 Å². The second kappa shape index (κ2) is 3.76. The van der Waals surface area contributed by atoms with Crippen LogP contribution in [0, 0.1) is 10.8 Å². The van der Waals surface area contributed by atoms with Crippen LogP contribution in [0.4, 0.5) is 0 Å². The van der Waals surface area contributed by atoms with E-state index >= 15 is 0 Å². The van der Waals surface area contributed by atoms with Crippen molar-refractivity contribution in [3.05, 3.63) is 0 Å². The molecule has 0 fully saturated rings. The second-order valence-electron chi connectivity index (χ2n) is 6.07. The molecule has 14 heavy (non-hydrogen) atoms. The van der Waals surface area contributed by atoms with Crippen LogP contribution in [0.25, 0.3) is 0 Å². The summed E-state index contributed by atoms with van der Waals surface area (Å²) in [6, 6.07) is 0. The van der Waals surface area contributed by atoms with Gasteiger partial charge in [-0.15, -0.1) is 11.8 Å². The largest absolute Gasteiger partial charge is 0.838 e. The van der Waals surface area contributed by atoms with Gasteiger partial charge < -0.3 is 17.1 Å². The van der Waals surface area contributed by atoms with Crippen LogP contribution in [-0.4, -0.2) is 5.16 Å². The second-order valence-corrected chi connectivity index (χ2v) is 11.7. The minimum Gasteiger partial charge on any atom is -0.838 e. The van der Waals surface area contributed by atoms with E-state index < -0.39 is 10.6 Å².